The monoisotopic (exact) mass is 288 g/mol. The first kappa shape index (κ1) is 14.1. The first-order valence-corrected chi connectivity index (χ1v) is 7.53. The van der Waals surface area contributed by atoms with E-state index in [1.165, 1.54) is 4.90 Å². The van der Waals surface area contributed by atoms with Crippen LogP contribution in [-0.2, 0) is 9.59 Å². The van der Waals surface area contributed by atoms with Gasteiger partial charge in [-0.3, -0.25) is 14.5 Å². The molecule has 1 aliphatic heterocycles. The summed E-state index contributed by atoms with van der Waals surface area (Å²) in [4.78, 5) is 26.3. The highest BCUT2D eigenvalue weighted by Crippen LogP contribution is 2.40. The number of hydrogen-bond acceptors (Lipinski definition) is 4. The van der Waals surface area contributed by atoms with Crippen molar-refractivity contribution in [2.75, 3.05) is 18.1 Å². The van der Waals surface area contributed by atoms with E-state index in [2.05, 4.69) is 0 Å². The number of nitrogens with two attached hydrogens (primary N) is 1. The Morgan fingerprint density at radius 1 is 1.05 bits per heavy atom. The van der Waals surface area contributed by atoms with E-state index in [9.17, 15) is 9.59 Å². The Morgan fingerprint density at radius 2 is 1.62 bits per heavy atom. The zero-order valence-electron chi connectivity index (χ0n) is 12.0. The lowest BCUT2D eigenvalue weighted by molar-refractivity contribution is -0.122. The van der Waals surface area contributed by atoms with Crippen molar-refractivity contribution in [2.24, 2.45) is 17.6 Å². The van der Waals surface area contributed by atoms with Gasteiger partial charge in [0.15, 0.2) is 0 Å². The minimum atomic E-state index is -0.112. The van der Waals surface area contributed by atoms with Gasteiger partial charge in [-0.15, -0.1) is 0 Å². The highest BCUT2D eigenvalue weighted by molar-refractivity contribution is 6.22. The molecule has 0 aromatic heterocycles. The molecule has 0 bridgehead atoms. The lowest BCUT2D eigenvalue weighted by Gasteiger charge is -2.19. The topological polar surface area (TPSA) is 72.6 Å². The Balaban J connectivity index is 1.79. The molecule has 0 spiro atoms. The number of carbonyl (C=O) groups is 2. The van der Waals surface area contributed by atoms with Gasteiger partial charge in [0.2, 0.25) is 11.8 Å². The van der Waals surface area contributed by atoms with Gasteiger partial charge in [-0.2, -0.15) is 0 Å². The first-order chi connectivity index (χ1) is 10.2. The van der Waals surface area contributed by atoms with E-state index in [0.717, 1.165) is 25.7 Å². The van der Waals surface area contributed by atoms with Crippen molar-refractivity contribution in [2.45, 2.75) is 25.7 Å². The summed E-state index contributed by atoms with van der Waals surface area (Å²) in [7, 11) is 0. The Labute approximate surface area is 124 Å². The van der Waals surface area contributed by atoms with Crippen LogP contribution in [0.5, 0.6) is 5.75 Å². The summed E-state index contributed by atoms with van der Waals surface area (Å²) >= 11 is 0. The molecule has 1 aromatic carbocycles. The summed E-state index contributed by atoms with van der Waals surface area (Å²) in [5.41, 5.74) is 6.03. The Hall–Kier alpha value is -1.88. The van der Waals surface area contributed by atoms with Crippen molar-refractivity contribution in [3.63, 3.8) is 0 Å². The van der Waals surface area contributed by atoms with Crippen molar-refractivity contribution in [3.8, 4) is 5.75 Å². The van der Waals surface area contributed by atoms with E-state index in [4.69, 9.17) is 10.5 Å². The molecule has 5 nitrogen and oxygen atoms in total. The third-order valence-electron chi connectivity index (χ3n) is 4.32. The Bertz CT molecular complexity index is 517. The van der Waals surface area contributed by atoms with Crippen LogP contribution in [0.15, 0.2) is 24.3 Å². The summed E-state index contributed by atoms with van der Waals surface area (Å²) in [6.45, 7) is 0.902. The van der Waals surface area contributed by atoms with Crippen LogP contribution < -0.4 is 15.4 Å². The summed E-state index contributed by atoms with van der Waals surface area (Å²) in [5, 5.41) is 0. The van der Waals surface area contributed by atoms with Gasteiger partial charge < -0.3 is 10.5 Å². The van der Waals surface area contributed by atoms with E-state index in [1.54, 1.807) is 24.3 Å². The number of amides is 2. The quantitative estimate of drug-likeness (QED) is 0.856. The fourth-order valence-electron chi connectivity index (χ4n) is 3.28. The van der Waals surface area contributed by atoms with Crippen molar-refractivity contribution in [1.82, 2.24) is 0 Å². The predicted molar refractivity (Wildman–Crippen MR) is 78.9 cm³/mol. The number of imide groups is 1. The van der Waals surface area contributed by atoms with Crippen LogP contribution in [-0.4, -0.2) is 25.0 Å². The van der Waals surface area contributed by atoms with E-state index < -0.39 is 0 Å². The van der Waals surface area contributed by atoms with Crippen LogP contribution in [0.3, 0.4) is 0 Å². The maximum Gasteiger partial charge on any atom is 0.237 e. The van der Waals surface area contributed by atoms with Crippen molar-refractivity contribution in [1.29, 1.82) is 0 Å². The van der Waals surface area contributed by atoms with Crippen LogP contribution in [0, 0.1) is 11.8 Å². The molecule has 112 valence electrons. The fraction of sp³-hybridized carbons (Fsp3) is 0.500. The smallest absolute Gasteiger partial charge is 0.237 e. The van der Waals surface area contributed by atoms with Crippen LogP contribution in [0.1, 0.15) is 25.7 Å². The van der Waals surface area contributed by atoms with Crippen LogP contribution in [0.2, 0.25) is 0 Å². The third kappa shape index (κ3) is 2.53. The van der Waals surface area contributed by atoms with E-state index in [0.29, 0.717) is 24.6 Å². The number of carbonyl (C=O) groups excluding carboxylic acids is 2. The molecule has 2 N–H and O–H groups in total. The van der Waals surface area contributed by atoms with Crippen molar-refractivity contribution >= 4 is 17.5 Å². The average Bonchev–Trinajstić information content (AvgIpc) is 2.78. The predicted octanol–water partition coefficient (Wildman–Crippen LogP) is 1.70. The third-order valence-corrected chi connectivity index (χ3v) is 4.32. The number of anilines is 1. The lowest BCUT2D eigenvalue weighted by Crippen LogP contribution is -2.30. The number of benzene rings is 1. The van der Waals surface area contributed by atoms with E-state index >= 15 is 0 Å². The highest BCUT2D eigenvalue weighted by atomic mass is 16.5. The van der Waals surface area contributed by atoms with Crippen molar-refractivity contribution in [3.05, 3.63) is 24.3 Å². The van der Waals surface area contributed by atoms with Gasteiger partial charge in [-0.05, 0) is 37.1 Å². The molecular formula is C16H20N2O3. The molecule has 2 fully saturated rings. The van der Waals surface area contributed by atoms with Gasteiger partial charge in [0.1, 0.15) is 12.4 Å². The molecule has 0 radical (unpaired) electrons. The van der Waals surface area contributed by atoms with Crippen LogP contribution in [0.25, 0.3) is 0 Å². The molecule has 3 rings (SSSR count). The van der Waals surface area contributed by atoms with Gasteiger partial charge in [-0.1, -0.05) is 12.8 Å². The average molecular weight is 288 g/mol. The summed E-state index contributed by atoms with van der Waals surface area (Å²) in [6.07, 6.45) is 3.76. The second kappa shape index (κ2) is 5.85. The molecule has 1 heterocycles. The zero-order valence-corrected chi connectivity index (χ0v) is 12.0. The first-order valence-electron chi connectivity index (χ1n) is 7.53. The summed E-state index contributed by atoms with van der Waals surface area (Å²) in [6, 6.07) is 7.07. The second-order valence-electron chi connectivity index (χ2n) is 5.64. The number of fused-ring (bicyclic) bond motifs is 1. The van der Waals surface area contributed by atoms with Crippen molar-refractivity contribution < 1.29 is 14.3 Å². The maximum absolute atomic E-state index is 12.5. The van der Waals surface area contributed by atoms with Crippen LogP contribution >= 0.6 is 0 Å². The molecule has 2 aliphatic rings. The fourth-order valence-corrected chi connectivity index (χ4v) is 3.28. The molecule has 2 atom stereocenters. The molecular weight excluding hydrogens is 268 g/mol. The number of rotatable bonds is 4. The SMILES string of the molecule is NCCOc1ccc(N2C(=O)C3CCCCC3C2=O)cc1. The molecule has 2 unspecified atom stereocenters. The molecule has 1 aliphatic carbocycles. The number of ether oxygens (including phenoxy) is 1. The molecule has 5 heteroatoms. The van der Waals surface area contributed by atoms with Gasteiger partial charge in [0.25, 0.3) is 0 Å². The molecule has 21 heavy (non-hydrogen) atoms. The number of hydrogen-bond donors (Lipinski definition) is 1. The number of nitrogens with zero attached hydrogens (tertiary/aromatic N) is 1. The summed E-state index contributed by atoms with van der Waals surface area (Å²) < 4.78 is 5.41. The molecule has 1 saturated carbocycles. The molecule has 1 aromatic rings. The Morgan fingerprint density at radius 3 is 2.14 bits per heavy atom. The highest BCUT2D eigenvalue weighted by Gasteiger charge is 2.48. The minimum absolute atomic E-state index is 0.0414. The lowest BCUT2D eigenvalue weighted by atomic mass is 9.81. The van der Waals surface area contributed by atoms with Gasteiger partial charge >= 0.3 is 0 Å². The van der Waals surface area contributed by atoms with Gasteiger partial charge in [0, 0.05) is 6.54 Å². The second-order valence-corrected chi connectivity index (χ2v) is 5.64. The van der Waals surface area contributed by atoms with Gasteiger partial charge in [-0.25, -0.2) is 0 Å². The zero-order chi connectivity index (χ0) is 14.8. The Kier molecular flexibility index (Phi) is 3.92. The molecule has 1 saturated heterocycles. The standard InChI is InChI=1S/C16H20N2O3/c17-9-10-21-12-7-5-11(6-8-12)18-15(19)13-3-1-2-4-14(13)16(18)20/h5-8,13-14H,1-4,9-10,17H2. The van der Waals surface area contributed by atoms with E-state index in [-0.39, 0.29) is 23.7 Å². The normalized spacial score (nSPS) is 25.1. The largest absolute Gasteiger partial charge is 0.492 e. The summed E-state index contributed by atoms with van der Waals surface area (Å²) in [5.74, 6) is 0.389. The van der Waals surface area contributed by atoms with Gasteiger partial charge in [0.05, 0.1) is 17.5 Å². The molecule has 2 amide bonds. The van der Waals surface area contributed by atoms with E-state index in [1.807, 2.05) is 0 Å². The minimum Gasteiger partial charge on any atom is -0.492 e. The maximum atomic E-state index is 12.5. The van der Waals surface area contributed by atoms with Crippen LogP contribution in [0.4, 0.5) is 5.69 Å².